The molecule has 0 radical (unpaired) electrons. The summed E-state index contributed by atoms with van der Waals surface area (Å²) >= 11 is 0. The Morgan fingerprint density at radius 1 is 1.12 bits per heavy atom. The standard InChI is InChI=1S/C18H28N2O4.ClH/c1-5-22-15-10-14(11-16(23-6-2)17(15)24-7-3)18(21)20-9-8-19-13(4)12-20;/h10-11,13,19H,5-9,12H2,1-4H3;1H/t13-;/m1./s1. The van der Waals surface area contributed by atoms with E-state index >= 15 is 0 Å². The van der Waals surface area contributed by atoms with Crippen LogP contribution in [0.3, 0.4) is 0 Å². The van der Waals surface area contributed by atoms with Crippen LogP contribution in [-0.4, -0.2) is 56.3 Å². The number of carbonyl (C=O) groups excluding carboxylic acids is 1. The van der Waals surface area contributed by atoms with Crippen LogP contribution in [0.4, 0.5) is 0 Å². The van der Waals surface area contributed by atoms with Crippen LogP contribution in [0.15, 0.2) is 12.1 Å². The minimum atomic E-state index is -0.00620. The minimum Gasteiger partial charge on any atom is -0.490 e. The van der Waals surface area contributed by atoms with E-state index in [2.05, 4.69) is 12.2 Å². The van der Waals surface area contributed by atoms with Crippen molar-refractivity contribution in [3.05, 3.63) is 17.7 Å². The van der Waals surface area contributed by atoms with Crippen molar-refractivity contribution in [1.82, 2.24) is 10.2 Å². The first-order valence-electron chi connectivity index (χ1n) is 8.69. The van der Waals surface area contributed by atoms with Gasteiger partial charge in [0.2, 0.25) is 5.75 Å². The fourth-order valence-corrected chi connectivity index (χ4v) is 2.81. The van der Waals surface area contributed by atoms with E-state index in [9.17, 15) is 4.79 Å². The zero-order valence-electron chi connectivity index (χ0n) is 15.5. The van der Waals surface area contributed by atoms with E-state index in [4.69, 9.17) is 14.2 Å². The summed E-state index contributed by atoms with van der Waals surface area (Å²) in [6.07, 6.45) is 0. The number of hydrogen-bond donors (Lipinski definition) is 1. The summed E-state index contributed by atoms with van der Waals surface area (Å²) in [6.45, 7) is 11.5. The SMILES string of the molecule is CCOc1cc(C(=O)N2CCN[C@H](C)C2)cc(OCC)c1OCC.Cl. The van der Waals surface area contributed by atoms with Gasteiger partial charge in [-0.25, -0.2) is 0 Å². The van der Waals surface area contributed by atoms with Gasteiger partial charge in [-0.15, -0.1) is 12.4 Å². The van der Waals surface area contributed by atoms with Crippen molar-refractivity contribution in [2.24, 2.45) is 0 Å². The van der Waals surface area contributed by atoms with E-state index in [0.717, 1.165) is 6.54 Å². The van der Waals surface area contributed by atoms with Crippen LogP contribution in [0.5, 0.6) is 17.2 Å². The number of halogens is 1. The first kappa shape index (κ1) is 21.4. The van der Waals surface area contributed by atoms with Crippen molar-refractivity contribution >= 4 is 18.3 Å². The number of hydrogen-bond acceptors (Lipinski definition) is 5. The summed E-state index contributed by atoms with van der Waals surface area (Å²) in [7, 11) is 0. The second kappa shape index (κ2) is 10.4. The molecule has 1 aromatic carbocycles. The topological polar surface area (TPSA) is 60.0 Å². The third kappa shape index (κ3) is 5.41. The maximum absolute atomic E-state index is 12.9. The Morgan fingerprint density at radius 2 is 1.68 bits per heavy atom. The molecule has 2 rings (SSSR count). The zero-order chi connectivity index (χ0) is 17.5. The quantitative estimate of drug-likeness (QED) is 0.797. The molecule has 25 heavy (non-hydrogen) atoms. The summed E-state index contributed by atoms with van der Waals surface area (Å²) < 4.78 is 17.1. The Labute approximate surface area is 156 Å². The highest BCUT2D eigenvalue weighted by molar-refractivity contribution is 5.95. The van der Waals surface area contributed by atoms with Gasteiger partial charge in [0.25, 0.3) is 5.91 Å². The lowest BCUT2D eigenvalue weighted by molar-refractivity contribution is 0.0708. The Hall–Kier alpha value is -1.66. The summed E-state index contributed by atoms with van der Waals surface area (Å²) in [5.74, 6) is 1.66. The Bertz CT molecular complexity index is 541. The monoisotopic (exact) mass is 372 g/mol. The molecular formula is C18H29ClN2O4. The average Bonchev–Trinajstić information content (AvgIpc) is 2.57. The maximum atomic E-state index is 12.9. The van der Waals surface area contributed by atoms with Crippen LogP contribution in [-0.2, 0) is 0 Å². The van der Waals surface area contributed by atoms with Gasteiger partial charge in [-0.2, -0.15) is 0 Å². The van der Waals surface area contributed by atoms with E-state index in [-0.39, 0.29) is 18.3 Å². The number of ether oxygens (including phenoxy) is 3. The zero-order valence-corrected chi connectivity index (χ0v) is 16.3. The third-order valence-corrected chi connectivity index (χ3v) is 3.81. The Balaban J connectivity index is 0.00000312. The van der Waals surface area contributed by atoms with E-state index in [1.807, 2.05) is 25.7 Å². The fraction of sp³-hybridized carbons (Fsp3) is 0.611. The van der Waals surface area contributed by atoms with E-state index in [0.29, 0.717) is 61.8 Å². The molecule has 1 fully saturated rings. The predicted octanol–water partition coefficient (Wildman–Crippen LogP) is 2.74. The first-order valence-corrected chi connectivity index (χ1v) is 8.69. The highest BCUT2D eigenvalue weighted by Gasteiger charge is 2.24. The Morgan fingerprint density at radius 3 is 2.16 bits per heavy atom. The third-order valence-electron chi connectivity index (χ3n) is 3.81. The van der Waals surface area contributed by atoms with Crippen molar-refractivity contribution in [3.63, 3.8) is 0 Å². The van der Waals surface area contributed by atoms with Crippen LogP contribution in [0.1, 0.15) is 38.1 Å². The number of nitrogens with zero attached hydrogens (tertiary/aromatic N) is 1. The lowest BCUT2D eigenvalue weighted by Crippen LogP contribution is -2.51. The number of benzene rings is 1. The minimum absolute atomic E-state index is 0. The molecule has 6 nitrogen and oxygen atoms in total. The fourth-order valence-electron chi connectivity index (χ4n) is 2.81. The van der Waals surface area contributed by atoms with Crippen molar-refractivity contribution < 1.29 is 19.0 Å². The maximum Gasteiger partial charge on any atom is 0.254 e. The van der Waals surface area contributed by atoms with Crippen LogP contribution < -0.4 is 19.5 Å². The molecule has 1 amide bonds. The lowest BCUT2D eigenvalue weighted by atomic mass is 10.1. The summed E-state index contributed by atoms with van der Waals surface area (Å²) in [4.78, 5) is 14.7. The molecular weight excluding hydrogens is 344 g/mol. The van der Waals surface area contributed by atoms with Gasteiger partial charge in [0.1, 0.15) is 0 Å². The van der Waals surface area contributed by atoms with E-state index in [1.54, 1.807) is 12.1 Å². The van der Waals surface area contributed by atoms with Gasteiger partial charge in [-0.05, 0) is 39.8 Å². The Kier molecular flexibility index (Phi) is 8.86. The number of piperazine rings is 1. The number of nitrogens with one attached hydrogen (secondary N) is 1. The molecule has 0 unspecified atom stereocenters. The van der Waals surface area contributed by atoms with Crippen molar-refractivity contribution in [3.8, 4) is 17.2 Å². The highest BCUT2D eigenvalue weighted by Crippen LogP contribution is 2.39. The van der Waals surface area contributed by atoms with Gasteiger partial charge in [-0.3, -0.25) is 4.79 Å². The molecule has 1 saturated heterocycles. The molecule has 1 N–H and O–H groups in total. The van der Waals surface area contributed by atoms with Crippen LogP contribution in [0.2, 0.25) is 0 Å². The van der Waals surface area contributed by atoms with Crippen LogP contribution in [0, 0.1) is 0 Å². The molecule has 0 aromatic heterocycles. The molecule has 1 heterocycles. The molecule has 0 spiro atoms. The molecule has 142 valence electrons. The van der Waals surface area contributed by atoms with E-state index < -0.39 is 0 Å². The van der Waals surface area contributed by atoms with E-state index in [1.165, 1.54) is 0 Å². The first-order chi connectivity index (χ1) is 11.6. The number of rotatable bonds is 7. The summed E-state index contributed by atoms with van der Waals surface area (Å²) in [5, 5.41) is 3.34. The van der Waals surface area contributed by atoms with Gasteiger partial charge in [-0.1, -0.05) is 0 Å². The molecule has 1 aromatic rings. The summed E-state index contributed by atoms with van der Waals surface area (Å²) in [6, 6.07) is 3.81. The van der Waals surface area contributed by atoms with Gasteiger partial charge in [0, 0.05) is 31.2 Å². The molecule has 0 aliphatic carbocycles. The summed E-state index contributed by atoms with van der Waals surface area (Å²) in [5.41, 5.74) is 0.569. The molecule has 0 bridgehead atoms. The largest absolute Gasteiger partial charge is 0.490 e. The lowest BCUT2D eigenvalue weighted by Gasteiger charge is -2.32. The van der Waals surface area contributed by atoms with Gasteiger partial charge >= 0.3 is 0 Å². The smallest absolute Gasteiger partial charge is 0.254 e. The van der Waals surface area contributed by atoms with Crippen LogP contribution in [0.25, 0.3) is 0 Å². The molecule has 7 heteroatoms. The number of carbonyl (C=O) groups is 1. The van der Waals surface area contributed by atoms with Gasteiger partial charge in [0.15, 0.2) is 11.5 Å². The second-order valence-electron chi connectivity index (χ2n) is 5.71. The van der Waals surface area contributed by atoms with Gasteiger partial charge in [0.05, 0.1) is 19.8 Å². The molecule has 1 aliphatic rings. The van der Waals surface area contributed by atoms with Crippen molar-refractivity contribution in [1.29, 1.82) is 0 Å². The van der Waals surface area contributed by atoms with Gasteiger partial charge < -0.3 is 24.4 Å². The molecule has 1 aliphatic heterocycles. The van der Waals surface area contributed by atoms with Crippen LogP contribution >= 0.6 is 12.4 Å². The number of amides is 1. The average molecular weight is 373 g/mol. The predicted molar refractivity (Wildman–Crippen MR) is 101 cm³/mol. The molecule has 0 saturated carbocycles. The molecule has 1 atom stereocenters. The highest BCUT2D eigenvalue weighted by atomic mass is 35.5. The van der Waals surface area contributed by atoms with Crippen molar-refractivity contribution in [2.45, 2.75) is 33.7 Å². The normalized spacial score (nSPS) is 16.8. The van der Waals surface area contributed by atoms with Crippen molar-refractivity contribution in [2.75, 3.05) is 39.5 Å². The second-order valence-corrected chi connectivity index (χ2v) is 5.71.